The highest BCUT2D eigenvalue weighted by Gasteiger charge is 2.05. The summed E-state index contributed by atoms with van der Waals surface area (Å²) in [7, 11) is 0. The second-order valence-electron chi connectivity index (χ2n) is 4.31. The van der Waals surface area contributed by atoms with Crippen LogP contribution in [0.2, 0.25) is 0 Å². The van der Waals surface area contributed by atoms with Crippen molar-refractivity contribution < 1.29 is 0 Å². The normalized spacial score (nSPS) is 11.4. The number of nitrogens with one attached hydrogen (secondary N) is 1. The van der Waals surface area contributed by atoms with Crippen LogP contribution in [0.1, 0.15) is 0 Å². The van der Waals surface area contributed by atoms with E-state index in [-0.39, 0.29) is 5.43 Å². The maximum atomic E-state index is 11.8. The van der Waals surface area contributed by atoms with Gasteiger partial charge in [0, 0.05) is 29.2 Å². The fourth-order valence-corrected chi connectivity index (χ4v) is 2.18. The number of H-pyrrole nitrogens is 1. The largest absolute Gasteiger partial charge is 0.346 e. The zero-order valence-electron chi connectivity index (χ0n) is 9.79. The van der Waals surface area contributed by atoms with Crippen molar-refractivity contribution in [2.45, 2.75) is 0 Å². The molecule has 1 N–H and O–H groups in total. The predicted molar refractivity (Wildman–Crippen MR) is 73.0 cm³/mol. The lowest BCUT2D eigenvalue weighted by Gasteiger charge is -2.02. The minimum Gasteiger partial charge on any atom is -0.346 e. The summed E-state index contributed by atoms with van der Waals surface area (Å²) >= 11 is 0. The van der Waals surface area contributed by atoms with Crippen LogP contribution < -0.4 is 5.43 Å². The molecule has 4 rings (SSSR count). The SMILES string of the molecule is O=c1cc[nH]c2nc3nc4ncccc4cc3cc12. The molecule has 19 heavy (non-hydrogen) atoms. The van der Waals surface area contributed by atoms with Crippen LogP contribution in [-0.4, -0.2) is 19.9 Å². The number of pyridine rings is 4. The lowest BCUT2D eigenvalue weighted by molar-refractivity contribution is 1.26. The monoisotopic (exact) mass is 248 g/mol. The first-order valence-electron chi connectivity index (χ1n) is 5.85. The predicted octanol–water partition coefficient (Wildman–Crippen LogP) is 2.02. The van der Waals surface area contributed by atoms with Crippen molar-refractivity contribution in [3.05, 3.63) is 52.9 Å². The highest BCUT2D eigenvalue weighted by molar-refractivity contribution is 5.94. The van der Waals surface area contributed by atoms with Crippen LogP contribution in [0.25, 0.3) is 33.1 Å². The fourth-order valence-electron chi connectivity index (χ4n) is 2.18. The van der Waals surface area contributed by atoms with E-state index in [9.17, 15) is 4.79 Å². The summed E-state index contributed by atoms with van der Waals surface area (Å²) < 4.78 is 0. The lowest BCUT2D eigenvalue weighted by Crippen LogP contribution is -2.02. The molecular weight excluding hydrogens is 240 g/mol. The number of fused-ring (bicyclic) bond motifs is 3. The third-order valence-electron chi connectivity index (χ3n) is 3.09. The summed E-state index contributed by atoms with van der Waals surface area (Å²) in [5, 5.41) is 2.34. The Morgan fingerprint density at radius 2 is 1.95 bits per heavy atom. The van der Waals surface area contributed by atoms with Gasteiger partial charge in [0.25, 0.3) is 0 Å². The molecule has 0 aliphatic rings. The summed E-state index contributed by atoms with van der Waals surface area (Å²) in [5.41, 5.74) is 1.73. The first-order chi connectivity index (χ1) is 9.31. The van der Waals surface area contributed by atoms with Gasteiger partial charge < -0.3 is 4.98 Å². The Kier molecular flexibility index (Phi) is 1.91. The summed E-state index contributed by atoms with van der Waals surface area (Å²) in [5.74, 6) is 0. The molecule has 4 aromatic rings. The van der Waals surface area contributed by atoms with Gasteiger partial charge in [0.1, 0.15) is 5.65 Å². The molecule has 0 aromatic carbocycles. The zero-order valence-corrected chi connectivity index (χ0v) is 9.79. The van der Waals surface area contributed by atoms with Crippen molar-refractivity contribution in [2.24, 2.45) is 0 Å². The van der Waals surface area contributed by atoms with Crippen molar-refractivity contribution >= 4 is 33.1 Å². The lowest BCUT2D eigenvalue weighted by atomic mass is 10.2. The van der Waals surface area contributed by atoms with E-state index in [0.717, 1.165) is 10.8 Å². The van der Waals surface area contributed by atoms with Gasteiger partial charge in [-0.2, -0.15) is 0 Å². The van der Waals surface area contributed by atoms with Gasteiger partial charge >= 0.3 is 0 Å². The summed E-state index contributed by atoms with van der Waals surface area (Å²) in [6.07, 6.45) is 3.28. The Morgan fingerprint density at radius 1 is 1.00 bits per heavy atom. The van der Waals surface area contributed by atoms with Crippen LogP contribution in [0.3, 0.4) is 0 Å². The molecule has 0 aliphatic heterocycles. The van der Waals surface area contributed by atoms with E-state index >= 15 is 0 Å². The van der Waals surface area contributed by atoms with Gasteiger partial charge in [-0.15, -0.1) is 0 Å². The van der Waals surface area contributed by atoms with Crippen LogP contribution in [-0.2, 0) is 0 Å². The van der Waals surface area contributed by atoms with E-state index in [1.807, 2.05) is 24.3 Å². The van der Waals surface area contributed by atoms with Gasteiger partial charge in [-0.1, -0.05) is 0 Å². The van der Waals surface area contributed by atoms with E-state index in [4.69, 9.17) is 0 Å². The first kappa shape index (κ1) is 10.1. The van der Waals surface area contributed by atoms with Gasteiger partial charge in [-0.05, 0) is 24.3 Å². The van der Waals surface area contributed by atoms with Crippen LogP contribution >= 0.6 is 0 Å². The Morgan fingerprint density at radius 3 is 2.89 bits per heavy atom. The van der Waals surface area contributed by atoms with Crippen LogP contribution in [0, 0.1) is 0 Å². The molecule has 0 amide bonds. The minimum absolute atomic E-state index is 0.0468. The molecule has 0 bridgehead atoms. The Bertz CT molecular complexity index is 991. The number of hydrogen-bond donors (Lipinski definition) is 1. The standard InChI is InChI=1S/C14H8N4O/c19-11-3-5-16-14-10(11)7-9-6-8-2-1-4-15-12(8)17-13(9)18-14/h1-7H,(H,15,16,17,18,19). The molecule has 0 atom stereocenters. The maximum absolute atomic E-state index is 11.8. The van der Waals surface area contributed by atoms with E-state index < -0.39 is 0 Å². The van der Waals surface area contributed by atoms with Gasteiger partial charge in [-0.25, -0.2) is 15.0 Å². The molecule has 0 aliphatic carbocycles. The van der Waals surface area contributed by atoms with Gasteiger partial charge in [0.05, 0.1) is 5.39 Å². The van der Waals surface area contributed by atoms with Crippen molar-refractivity contribution in [3.8, 4) is 0 Å². The second-order valence-corrected chi connectivity index (χ2v) is 4.31. The quantitative estimate of drug-likeness (QED) is 0.483. The summed E-state index contributed by atoms with van der Waals surface area (Å²) in [6, 6.07) is 9.05. The van der Waals surface area contributed by atoms with Crippen LogP contribution in [0.5, 0.6) is 0 Å². The number of aromatic amines is 1. The highest BCUT2D eigenvalue weighted by Crippen LogP contribution is 2.18. The van der Waals surface area contributed by atoms with Crippen molar-refractivity contribution in [1.82, 2.24) is 19.9 Å². The molecule has 0 saturated heterocycles. The molecule has 0 radical (unpaired) electrons. The van der Waals surface area contributed by atoms with Crippen molar-refractivity contribution in [3.63, 3.8) is 0 Å². The molecule has 5 nitrogen and oxygen atoms in total. The maximum Gasteiger partial charge on any atom is 0.191 e. The van der Waals surface area contributed by atoms with Gasteiger partial charge in [0.2, 0.25) is 0 Å². The second kappa shape index (κ2) is 3.58. The van der Waals surface area contributed by atoms with Gasteiger partial charge in [0.15, 0.2) is 16.7 Å². The molecule has 90 valence electrons. The summed E-state index contributed by atoms with van der Waals surface area (Å²) in [6.45, 7) is 0. The molecule has 0 fully saturated rings. The molecule has 4 heterocycles. The van der Waals surface area contributed by atoms with E-state index in [1.165, 1.54) is 6.07 Å². The number of hydrogen-bond acceptors (Lipinski definition) is 4. The third-order valence-corrected chi connectivity index (χ3v) is 3.09. The highest BCUT2D eigenvalue weighted by atomic mass is 16.1. The number of nitrogens with zero attached hydrogens (tertiary/aromatic N) is 3. The van der Waals surface area contributed by atoms with E-state index in [1.54, 1.807) is 12.4 Å². The molecule has 0 spiro atoms. The number of rotatable bonds is 0. The first-order valence-corrected chi connectivity index (χ1v) is 5.85. The average molecular weight is 248 g/mol. The molecule has 0 unspecified atom stereocenters. The molecule has 4 aromatic heterocycles. The Balaban J connectivity index is 2.23. The summed E-state index contributed by atoms with van der Waals surface area (Å²) in [4.78, 5) is 27.8. The zero-order chi connectivity index (χ0) is 12.8. The average Bonchev–Trinajstić information content (AvgIpc) is 2.44. The smallest absolute Gasteiger partial charge is 0.191 e. The van der Waals surface area contributed by atoms with Crippen LogP contribution in [0.4, 0.5) is 0 Å². The fraction of sp³-hybridized carbons (Fsp3) is 0. The van der Waals surface area contributed by atoms with Crippen molar-refractivity contribution in [1.29, 1.82) is 0 Å². The molecule has 0 saturated carbocycles. The topological polar surface area (TPSA) is 71.5 Å². The molecule has 5 heteroatoms. The molecular formula is C14H8N4O. The number of aromatic nitrogens is 4. The van der Waals surface area contributed by atoms with Crippen molar-refractivity contribution in [2.75, 3.05) is 0 Å². The van der Waals surface area contributed by atoms with E-state index in [2.05, 4.69) is 19.9 Å². The van der Waals surface area contributed by atoms with E-state index in [0.29, 0.717) is 22.3 Å². The minimum atomic E-state index is -0.0468. The third kappa shape index (κ3) is 1.48. The van der Waals surface area contributed by atoms with Crippen LogP contribution in [0.15, 0.2) is 47.5 Å². The van der Waals surface area contributed by atoms with Gasteiger partial charge in [-0.3, -0.25) is 4.79 Å². The Labute approximate surface area is 107 Å². The Hall–Kier alpha value is -2.82.